The molecule has 2 aromatic rings. The van der Waals surface area contributed by atoms with E-state index in [-0.39, 0.29) is 11.4 Å². The molecule has 0 radical (unpaired) electrons. The molecule has 5 heteroatoms. The average molecular weight is 312 g/mol. The van der Waals surface area contributed by atoms with Crippen LogP contribution in [-0.2, 0) is 0 Å². The topological polar surface area (TPSA) is 32.6 Å². The summed E-state index contributed by atoms with van der Waals surface area (Å²) in [6, 6.07) is 7.80. The third-order valence-electron chi connectivity index (χ3n) is 2.19. The highest BCUT2D eigenvalue weighted by Crippen LogP contribution is 2.22. The van der Waals surface area contributed by atoms with Gasteiger partial charge >= 0.3 is 0 Å². The molecule has 92 valence electrons. The summed E-state index contributed by atoms with van der Waals surface area (Å²) in [5, 5.41) is 9.56. The molecule has 0 aliphatic heterocycles. The van der Waals surface area contributed by atoms with Crippen molar-refractivity contribution in [2.75, 3.05) is 0 Å². The van der Waals surface area contributed by atoms with Crippen LogP contribution in [0.1, 0.15) is 5.56 Å². The number of nitrogens with zero attached hydrogens (tertiary/aromatic N) is 1. The number of phenols is 1. The zero-order chi connectivity index (χ0) is 13.1. The van der Waals surface area contributed by atoms with Gasteiger partial charge in [0.15, 0.2) is 0 Å². The first-order valence-corrected chi connectivity index (χ1v) is 5.82. The van der Waals surface area contributed by atoms with Gasteiger partial charge in [-0.25, -0.2) is 8.78 Å². The molecule has 0 heterocycles. The number of aromatic hydroxyl groups is 1. The standard InChI is InChI=1S/C13H8BrF2NO/c14-9-1-2-13(18)8(3-9)7-17-12-5-10(15)4-11(16)6-12/h1-7,18H. The van der Waals surface area contributed by atoms with Crippen LogP contribution in [0.4, 0.5) is 14.5 Å². The van der Waals surface area contributed by atoms with Crippen LogP contribution in [0.15, 0.2) is 45.9 Å². The molecule has 18 heavy (non-hydrogen) atoms. The molecule has 2 aromatic carbocycles. The highest BCUT2D eigenvalue weighted by Gasteiger charge is 2.01. The number of hydrogen-bond donors (Lipinski definition) is 1. The molecule has 0 spiro atoms. The monoisotopic (exact) mass is 311 g/mol. The summed E-state index contributed by atoms with van der Waals surface area (Å²) in [7, 11) is 0. The molecule has 0 aliphatic carbocycles. The quantitative estimate of drug-likeness (QED) is 0.829. The molecular weight excluding hydrogens is 304 g/mol. The molecule has 2 rings (SSSR count). The zero-order valence-corrected chi connectivity index (χ0v) is 10.7. The lowest BCUT2D eigenvalue weighted by Crippen LogP contribution is -1.83. The molecule has 0 bridgehead atoms. The maximum Gasteiger partial charge on any atom is 0.128 e. The summed E-state index contributed by atoms with van der Waals surface area (Å²) in [5.74, 6) is -1.35. The van der Waals surface area contributed by atoms with E-state index in [1.54, 1.807) is 12.1 Å². The highest BCUT2D eigenvalue weighted by molar-refractivity contribution is 9.10. The summed E-state index contributed by atoms with van der Waals surface area (Å²) >= 11 is 3.25. The lowest BCUT2D eigenvalue weighted by Gasteiger charge is -1.99. The molecule has 0 unspecified atom stereocenters. The summed E-state index contributed by atoms with van der Waals surface area (Å²) in [5.41, 5.74) is 0.598. The SMILES string of the molecule is Oc1ccc(Br)cc1C=Nc1cc(F)cc(F)c1. The Morgan fingerprint density at radius 1 is 1.06 bits per heavy atom. The van der Waals surface area contributed by atoms with Gasteiger partial charge in [-0.05, 0) is 30.3 Å². The second-order valence-corrected chi connectivity index (χ2v) is 4.50. The lowest BCUT2D eigenvalue weighted by molar-refractivity contribution is 0.474. The van der Waals surface area contributed by atoms with Gasteiger partial charge in [-0.3, -0.25) is 4.99 Å². The van der Waals surface area contributed by atoms with E-state index in [0.29, 0.717) is 5.56 Å². The molecular formula is C13H8BrF2NO. The van der Waals surface area contributed by atoms with E-state index in [0.717, 1.165) is 22.7 Å². The van der Waals surface area contributed by atoms with Gasteiger partial charge in [-0.1, -0.05) is 15.9 Å². The normalized spacial score (nSPS) is 11.1. The Bertz CT molecular complexity index is 594. The number of halogens is 3. The van der Waals surface area contributed by atoms with Crippen molar-refractivity contribution in [1.82, 2.24) is 0 Å². The fourth-order valence-electron chi connectivity index (χ4n) is 1.39. The number of aliphatic imine (C=N–C) groups is 1. The van der Waals surface area contributed by atoms with Crippen LogP contribution in [0.2, 0.25) is 0 Å². The second kappa shape index (κ2) is 5.27. The molecule has 1 N–H and O–H groups in total. The molecule has 2 nitrogen and oxygen atoms in total. The summed E-state index contributed by atoms with van der Waals surface area (Å²) in [4.78, 5) is 3.91. The Balaban J connectivity index is 2.32. The Kier molecular flexibility index (Phi) is 3.72. The molecule has 0 aromatic heterocycles. The van der Waals surface area contributed by atoms with Crippen molar-refractivity contribution in [3.63, 3.8) is 0 Å². The van der Waals surface area contributed by atoms with Crippen molar-refractivity contribution in [3.8, 4) is 5.75 Å². The van der Waals surface area contributed by atoms with E-state index < -0.39 is 11.6 Å². The van der Waals surface area contributed by atoms with Crippen LogP contribution in [0.3, 0.4) is 0 Å². The largest absolute Gasteiger partial charge is 0.507 e. The van der Waals surface area contributed by atoms with E-state index in [9.17, 15) is 13.9 Å². The Labute approximate surface area is 111 Å². The predicted octanol–water partition coefficient (Wildman–Crippen LogP) is 4.18. The second-order valence-electron chi connectivity index (χ2n) is 3.59. The van der Waals surface area contributed by atoms with E-state index in [1.165, 1.54) is 12.3 Å². The molecule has 0 saturated carbocycles. The number of benzene rings is 2. The molecule has 0 atom stereocenters. The van der Waals surface area contributed by atoms with Gasteiger partial charge in [-0.15, -0.1) is 0 Å². The van der Waals surface area contributed by atoms with Crippen LogP contribution in [0.5, 0.6) is 5.75 Å². The van der Waals surface area contributed by atoms with Crippen molar-refractivity contribution in [2.24, 2.45) is 4.99 Å². The van der Waals surface area contributed by atoms with Crippen LogP contribution in [0.25, 0.3) is 0 Å². The zero-order valence-electron chi connectivity index (χ0n) is 9.07. The van der Waals surface area contributed by atoms with Crippen LogP contribution < -0.4 is 0 Å². The molecule has 0 amide bonds. The number of phenolic OH excluding ortho intramolecular Hbond substituents is 1. The first kappa shape index (κ1) is 12.7. The summed E-state index contributed by atoms with van der Waals surface area (Å²) < 4.78 is 26.6. The fraction of sp³-hybridized carbons (Fsp3) is 0. The number of rotatable bonds is 2. The minimum Gasteiger partial charge on any atom is -0.507 e. The maximum absolute atomic E-state index is 12.9. The van der Waals surface area contributed by atoms with Crippen LogP contribution >= 0.6 is 15.9 Å². The van der Waals surface area contributed by atoms with Crippen LogP contribution in [-0.4, -0.2) is 11.3 Å². The average Bonchev–Trinajstić information content (AvgIpc) is 2.29. The van der Waals surface area contributed by atoms with Gasteiger partial charge in [0.1, 0.15) is 17.4 Å². The van der Waals surface area contributed by atoms with Gasteiger partial charge in [0, 0.05) is 22.3 Å². The predicted molar refractivity (Wildman–Crippen MR) is 69.4 cm³/mol. The lowest BCUT2D eigenvalue weighted by atomic mass is 10.2. The summed E-state index contributed by atoms with van der Waals surface area (Å²) in [6.45, 7) is 0. The minimum absolute atomic E-state index is 0.0406. The Morgan fingerprint density at radius 2 is 1.72 bits per heavy atom. The Morgan fingerprint density at radius 3 is 2.39 bits per heavy atom. The summed E-state index contributed by atoms with van der Waals surface area (Å²) in [6.07, 6.45) is 1.34. The smallest absolute Gasteiger partial charge is 0.128 e. The van der Waals surface area contributed by atoms with Gasteiger partial charge < -0.3 is 5.11 Å². The maximum atomic E-state index is 12.9. The first-order valence-electron chi connectivity index (χ1n) is 5.03. The molecule has 0 saturated heterocycles. The van der Waals surface area contributed by atoms with Gasteiger partial charge in [0.2, 0.25) is 0 Å². The Hall–Kier alpha value is -1.75. The van der Waals surface area contributed by atoms with Crippen molar-refractivity contribution < 1.29 is 13.9 Å². The van der Waals surface area contributed by atoms with Crippen molar-refractivity contribution >= 4 is 27.8 Å². The molecule has 0 aliphatic rings. The fourth-order valence-corrected chi connectivity index (χ4v) is 1.77. The highest BCUT2D eigenvalue weighted by atomic mass is 79.9. The third-order valence-corrected chi connectivity index (χ3v) is 2.68. The van der Waals surface area contributed by atoms with Gasteiger partial charge in [0.25, 0.3) is 0 Å². The molecule has 0 fully saturated rings. The third kappa shape index (κ3) is 3.13. The first-order chi connectivity index (χ1) is 8.54. The van der Waals surface area contributed by atoms with Gasteiger partial charge in [-0.2, -0.15) is 0 Å². The van der Waals surface area contributed by atoms with Gasteiger partial charge in [0.05, 0.1) is 5.69 Å². The van der Waals surface area contributed by atoms with E-state index in [2.05, 4.69) is 20.9 Å². The van der Waals surface area contributed by atoms with Crippen molar-refractivity contribution in [3.05, 3.63) is 58.1 Å². The van der Waals surface area contributed by atoms with E-state index in [4.69, 9.17) is 0 Å². The minimum atomic E-state index is -0.694. The van der Waals surface area contributed by atoms with E-state index >= 15 is 0 Å². The van der Waals surface area contributed by atoms with Crippen molar-refractivity contribution in [2.45, 2.75) is 0 Å². The van der Waals surface area contributed by atoms with Crippen molar-refractivity contribution in [1.29, 1.82) is 0 Å². The van der Waals surface area contributed by atoms with Crippen LogP contribution in [0, 0.1) is 11.6 Å². The van der Waals surface area contributed by atoms with E-state index in [1.807, 2.05) is 0 Å². The number of hydrogen-bond acceptors (Lipinski definition) is 2.